The third-order valence-corrected chi connectivity index (χ3v) is 6.79. The Kier molecular flexibility index (Phi) is 8.64. The van der Waals surface area contributed by atoms with Crippen molar-refractivity contribution in [3.63, 3.8) is 0 Å². The topological polar surface area (TPSA) is 59.1 Å². The summed E-state index contributed by atoms with van der Waals surface area (Å²) in [5.41, 5.74) is 1.06. The van der Waals surface area contributed by atoms with Crippen molar-refractivity contribution < 1.29 is 23.5 Å². The minimum Gasteiger partial charge on any atom is -0.491 e. The molecule has 2 heterocycles. The van der Waals surface area contributed by atoms with Gasteiger partial charge >= 0.3 is 0 Å². The Labute approximate surface area is 192 Å². The van der Waals surface area contributed by atoms with Crippen molar-refractivity contribution in [1.29, 1.82) is 0 Å². The van der Waals surface area contributed by atoms with Gasteiger partial charge in [-0.1, -0.05) is 26.3 Å². The van der Waals surface area contributed by atoms with E-state index in [0.717, 1.165) is 18.4 Å². The number of thiophene rings is 1. The molecule has 2 aromatic rings. The van der Waals surface area contributed by atoms with Gasteiger partial charge < -0.3 is 19.3 Å². The van der Waals surface area contributed by atoms with Crippen LogP contribution in [0, 0.1) is 11.7 Å². The number of halogens is 1. The number of carbonyl (C=O) groups excluding carboxylic acids is 2. The van der Waals surface area contributed by atoms with Gasteiger partial charge in [-0.25, -0.2) is 4.39 Å². The molecule has 0 aliphatic carbocycles. The normalized spacial score (nSPS) is 16.4. The molecule has 174 valence electrons. The molecule has 0 N–H and O–H groups in total. The molecule has 6 nitrogen and oxygen atoms in total. The van der Waals surface area contributed by atoms with Gasteiger partial charge in [0, 0.05) is 31.1 Å². The van der Waals surface area contributed by atoms with Gasteiger partial charge in [0.1, 0.15) is 24.8 Å². The second-order valence-corrected chi connectivity index (χ2v) is 9.14. The molecule has 1 aromatic carbocycles. The summed E-state index contributed by atoms with van der Waals surface area (Å²) >= 11 is 1.67. The highest BCUT2D eigenvalue weighted by Crippen LogP contribution is 2.34. The lowest BCUT2D eigenvalue weighted by molar-refractivity contribution is -0.145. The highest BCUT2D eigenvalue weighted by atomic mass is 32.1. The minimum atomic E-state index is -0.368. The van der Waals surface area contributed by atoms with E-state index in [2.05, 4.69) is 13.8 Å². The summed E-state index contributed by atoms with van der Waals surface area (Å²) in [6.45, 7) is 5.36. The van der Waals surface area contributed by atoms with Crippen molar-refractivity contribution in [3.05, 3.63) is 52.0 Å². The van der Waals surface area contributed by atoms with E-state index >= 15 is 0 Å². The van der Waals surface area contributed by atoms with Crippen LogP contribution in [0.2, 0.25) is 0 Å². The molecule has 1 aliphatic rings. The lowest BCUT2D eigenvalue weighted by atomic mass is 10.00. The number of hydrogen-bond acceptors (Lipinski definition) is 5. The van der Waals surface area contributed by atoms with Gasteiger partial charge in [-0.2, -0.15) is 0 Å². The van der Waals surface area contributed by atoms with E-state index in [4.69, 9.17) is 9.47 Å². The summed E-state index contributed by atoms with van der Waals surface area (Å²) in [7, 11) is 1.48. The number of rotatable bonds is 10. The standard InChI is InChI=1S/C24H31FN2O4S/c1-4-17(2)13-26(24(29)16-30-3)14-23(28)27-10-8-22-20(9-11-32-22)21(27)15-31-19-7-5-6-18(25)12-19/h5-7,9,11-12,17,21H,4,8,10,13-16H2,1-3H3/t17-,21-/m1/s1. The number of hydrogen-bond donors (Lipinski definition) is 0. The number of amides is 2. The molecule has 3 rings (SSSR count). The summed E-state index contributed by atoms with van der Waals surface area (Å²) in [6, 6.07) is 7.72. The maximum Gasteiger partial charge on any atom is 0.249 e. The smallest absolute Gasteiger partial charge is 0.249 e. The molecule has 0 spiro atoms. The molecular weight excluding hydrogens is 431 g/mol. The average Bonchev–Trinajstić information content (AvgIpc) is 3.26. The molecule has 0 radical (unpaired) electrons. The van der Waals surface area contributed by atoms with Gasteiger partial charge in [0.05, 0.1) is 12.6 Å². The Morgan fingerprint density at radius 2 is 2.16 bits per heavy atom. The first-order valence-electron chi connectivity index (χ1n) is 10.9. The molecule has 1 aromatic heterocycles. The third-order valence-electron chi connectivity index (χ3n) is 5.79. The average molecular weight is 463 g/mol. The van der Waals surface area contributed by atoms with Crippen molar-refractivity contribution in [2.75, 3.05) is 40.0 Å². The fourth-order valence-electron chi connectivity index (χ4n) is 3.84. The molecule has 2 amide bonds. The molecule has 8 heteroatoms. The first kappa shape index (κ1) is 24.2. The largest absolute Gasteiger partial charge is 0.491 e. The SMILES string of the molecule is CC[C@@H](C)CN(CC(=O)N1CCc2sccc2[C@H]1COc1cccc(F)c1)C(=O)COC. The van der Waals surface area contributed by atoms with E-state index in [1.165, 1.54) is 24.1 Å². The van der Waals surface area contributed by atoms with E-state index in [9.17, 15) is 14.0 Å². The summed E-state index contributed by atoms with van der Waals surface area (Å²) in [5.74, 6) is 0.0194. The van der Waals surface area contributed by atoms with Crippen LogP contribution in [0.3, 0.4) is 0 Å². The van der Waals surface area contributed by atoms with Crippen molar-refractivity contribution >= 4 is 23.2 Å². The highest BCUT2D eigenvalue weighted by Gasteiger charge is 2.33. The van der Waals surface area contributed by atoms with Crippen molar-refractivity contribution in [2.24, 2.45) is 5.92 Å². The Hall–Kier alpha value is -2.45. The predicted molar refractivity (Wildman–Crippen MR) is 122 cm³/mol. The molecule has 0 unspecified atom stereocenters. The zero-order valence-corrected chi connectivity index (χ0v) is 19.7. The zero-order valence-electron chi connectivity index (χ0n) is 18.9. The molecule has 2 atom stereocenters. The third kappa shape index (κ3) is 6.07. The second-order valence-electron chi connectivity index (χ2n) is 8.14. The van der Waals surface area contributed by atoms with Crippen LogP contribution in [-0.2, 0) is 20.7 Å². The maximum atomic E-state index is 13.6. The summed E-state index contributed by atoms with van der Waals surface area (Å²) in [4.78, 5) is 30.6. The molecule has 32 heavy (non-hydrogen) atoms. The van der Waals surface area contributed by atoms with Crippen LogP contribution < -0.4 is 4.74 Å². The molecule has 0 saturated heterocycles. The van der Waals surface area contributed by atoms with E-state index in [1.54, 1.807) is 33.3 Å². The zero-order chi connectivity index (χ0) is 23.1. The molecule has 1 aliphatic heterocycles. The number of benzene rings is 1. The first-order chi connectivity index (χ1) is 15.4. The van der Waals surface area contributed by atoms with Crippen molar-refractivity contribution in [3.8, 4) is 5.75 Å². The fourth-order valence-corrected chi connectivity index (χ4v) is 4.76. The highest BCUT2D eigenvalue weighted by molar-refractivity contribution is 7.10. The van der Waals surface area contributed by atoms with Crippen LogP contribution in [-0.4, -0.2) is 61.6 Å². The quantitative estimate of drug-likeness (QED) is 0.537. The van der Waals surface area contributed by atoms with Gasteiger partial charge in [0.2, 0.25) is 11.8 Å². The molecule has 0 bridgehead atoms. The number of fused-ring (bicyclic) bond motifs is 1. The van der Waals surface area contributed by atoms with Crippen molar-refractivity contribution in [2.45, 2.75) is 32.7 Å². The van der Waals surface area contributed by atoms with Crippen LogP contribution >= 0.6 is 11.3 Å². The summed E-state index contributed by atoms with van der Waals surface area (Å²) < 4.78 is 24.4. The number of methoxy groups -OCH3 is 1. The number of carbonyl (C=O) groups is 2. The predicted octanol–water partition coefficient (Wildman–Crippen LogP) is 3.91. The van der Waals surface area contributed by atoms with Crippen LogP contribution in [0.15, 0.2) is 35.7 Å². The number of ether oxygens (including phenoxy) is 2. The van der Waals surface area contributed by atoms with Gasteiger partial charge in [-0.05, 0) is 41.5 Å². The Morgan fingerprint density at radius 1 is 1.34 bits per heavy atom. The monoisotopic (exact) mass is 462 g/mol. The van der Waals surface area contributed by atoms with E-state index < -0.39 is 0 Å². The Morgan fingerprint density at radius 3 is 2.88 bits per heavy atom. The van der Waals surface area contributed by atoms with Gasteiger partial charge in [0.25, 0.3) is 0 Å². The van der Waals surface area contributed by atoms with E-state index in [-0.39, 0.29) is 49.3 Å². The number of nitrogens with zero attached hydrogens (tertiary/aromatic N) is 2. The van der Waals surface area contributed by atoms with Crippen molar-refractivity contribution in [1.82, 2.24) is 9.80 Å². The molecule has 0 fully saturated rings. The first-order valence-corrected chi connectivity index (χ1v) is 11.8. The summed E-state index contributed by atoms with van der Waals surface area (Å²) in [5, 5.41) is 2.02. The fraction of sp³-hybridized carbons (Fsp3) is 0.500. The van der Waals surface area contributed by atoms with Crippen LogP contribution in [0.25, 0.3) is 0 Å². The lowest BCUT2D eigenvalue weighted by Crippen LogP contribution is -2.49. The lowest BCUT2D eigenvalue weighted by Gasteiger charge is -2.37. The van der Waals surface area contributed by atoms with E-state index in [1.807, 2.05) is 11.4 Å². The van der Waals surface area contributed by atoms with Gasteiger partial charge in [0.15, 0.2) is 0 Å². The second kappa shape index (κ2) is 11.4. The van der Waals surface area contributed by atoms with Gasteiger partial charge in [-0.15, -0.1) is 11.3 Å². The van der Waals surface area contributed by atoms with E-state index in [0.29, 0.717) is 18.8 Å². The van der Waals surface area contributed by atoms with Crippen LogP contribution in [0.5, 0.6) is 5.75 Å². The Bertz CT molecular complexity index is 919. The van der Waals surface area contributed by atoms with Crippen LogP contribution in [0.4, 0.5) is 4.39 Å². The van der Waals surface area contributed by atoms with Gasteiger partial charge in [-0.3, -0.25) is 9.59 Å². The maximum absolute atomic E-state index is 13.6. The van der Waals surface area contributed by atoms with Crippen LogP contribution in [0.1, 0.15) is 36.8 Å². The Balaban J connectivity index is 1.76. The summed E-state index contributed by atoms with van der Waals surface area (Å²) in [6.07, 6.45) is 1.68. The minimum absolute atomic E-state index is 0.00245. The molecule has 0 saturated carbocycles. The molecular formula is C24H31FN2O4S.